The third kappa shape index (κ3) is 3.20. The van der Waals surface area contributed by atoms with Crippen LogP contribution in [0.15, 0.2) is 12.1 Å². The minimum atomic E-state index is -0.419. The number of benzene rings is 1. The summed E-state index contributed by atoms with van der Waals surface area (Å²) in [5, 5.41) is 3.90. The molecule has 0 bridgehead atoms. The Labute approximate surface area is 133 Å². The number of rotatable bonds is 3. The monoisotopic (exact) mass is 329 g/mol. The molecule has 21 heavy (non-hydrogen) atoms. The van der Waals surface area contributed by atoms with E-state index in [0.29, 0.717) is 47.2 Å². The lowest BCUT2D eigenvalue weighted by Gasteiger charge is -2.37. The number of nitrogens with one attached hydrogen (secondary N) is 1. The van der Waals surface area contributed by atoms with E-state index in [1.165, 1.54) is 0 Å². The summed E-state index contributed by atoms with van der Waals surface area (Å²) in [5.41, 5.74) is 6.88. The fraction of sp³-hybridized carbons (Fsp3) is 0.500. The van der Waals surface area contributed by atoms with Gasteiger partial charge >= 0.3 is 0 Å². The highest BCUT2D eigenvalue weighted by Gasteiger charge is 2.34. The lowest BCUT2D eigenvalue weighted by molar-refractivity contribution is -0.124. The number of carbonyl (C=O) groups excluding carboxylic acids is 1. The Morgan fingerprint density at radius 2 is 2.00 bits per heavy atom. The first-order valence-electron chi connectivity index (χ1n) is 6.95. The van der Waals surface area contributed by atoms with Gasteiger partial charge in [-0.3, -0.25) is 4.79 Å². The minimum Gasteiger partial charge on any atom is -0.399 e. The van der Waals surface area contributed by atoms with Crippen molar-refractivity contribution in [3.05, 3.63) is 22.2 Å². The molecule has 3 rings (SSSR count). The highest BCUT2D eigenvalue weighted by molar-refractivity contribution is 6.39. The van der Waals surface area contributed by atoms with E-state index < -0.39 is 6.04 Å². The van der Waals surface area contributed by atoms with Crippen LogP contribution in [0.1, 0.15) is 12.8 Å². The quantitative estimate of drug-likeness (QED) is 0.833. The van der Waals surface area contributed by atoms with E-state index in [1.807, 2.05) is 4.90 Å². The van der Waals surface area contributed by atoms with Gasteiger partial charge in [0.25, 0.3) is 0 Å². The zero-order valence-electron chi connectivity index (χ0n) is 11.4. The third-order valence-corrected chi connectivity index (χ3v) is 4.26. The number of hydrogen-bond acceptors (Lipinski definition) is 4. The maximum absolute atomic E-state index is 12.4. The SMILES string of the molecule is Nc1cc(Cl)c(N2CCOCC2C(=O)NC2CC2)c(Cl)c1. The average Bonchev–Trinajstić information content (AvgIpc) is 3.22. The molecular weight excluding hydrogens is 313 g/mol. The molecule has 1 unspecified atom stereocenters. The van der Waals surface area contributed by atoms with Gasteiger partial charge in [0.15, 0.2) is 0 Å². The van der Waals surface area contributed by atoms with Gasteiger partial charge in [-0.25, -0.2) is 0 Å². The van der Waals surface area contributed by atoms with Crippen LogP contribution < -0.4 is 16.0 Å². The number of carbonyl (C=O) groups is 1. The molecular formula is C14H17Cl2N3O2. The van der Waals surface area contributed by atoms with Crippen molar-refractivity contribution in [1.82, 2.24) is 5.32 Å². The van der Waals surface area contributed by atoms with Gasteiger partial charge < -0.3 is 20.7 Å². The smallest absolute Gasteiger partial charge is 0.245 e. The Balaban J connectivity index is 1.88. The van der Waals surface area contributed by atoms with E-state index in [1.54, 1.807) is 12.1 Å². The van der Waals surface area contributed by atoms with Gasteiger partial charge in [0, 0.05) is 18.3 Å². The lowest BCUT2D eigenvalue weighted by Crippen LogP contribution is -2.54. The van der Waals surface area contributed by atoms with E-state index in [9.17, 15) is 4.79 Å². The number of halogens is 2. The third-order valence-electron chi connectivity index (χ3n) is 3.68. The van der Waals surface area contributed by atoms with E-state index >= 15 is 0 Å². The molecule has 1 saturated heterocycles. The van der Waals surface area contributed by atoms with Gasteiger partial charge in [-0.15, -0.1) is 0 Å². The Hall–Kier alpha value is -1.17. The van der Waals surface area contributed by atoms with Crippen molar-refractivity contribution in [2.45, 2.75) is 24.9 Å². The van der Waals surface area contributed by atoms with Crippen LogP contribution in [0, 0.1) is 0 Å². The molecule has 114 valence electrons. The second kappa shape index (κ2) is 5.91. The Bertz CT molecular complexity index is 540. The predicted molar refractivity (Wildman–Crippen MR) is 84.0 cm³/mol. The molecule has 0 aromatic heterocycles. The lowest BCUT2D eigenvalue weighted by atomic mass is 10.1. The first-order valence-corrected chi connectivity index (χ1v) is 7.71. The molecule has 0 radical (unpaired) electrons. The minimum absolute atomic E-state index is 0.0406. The summed E-state index contributed by atoms with van der Waals surface area (Å²) in [6.45, 7) is 1.42. The van der Waals surface area contributed by atoms with E-state index in [-0.39, 0.29) is 5.91 Å². The van der Waals surface area contributed by atoms with Crippen LogP contribution in [0.5, 0.6) is 0 Å². The maximum atomic E-state index is 12.4. The molecule has 1 aromatic rings. The molecule has 1 aromatic carbocycles. The van der Waals surface area contributed by atoms with Gasteiger partial charge in [0.1, 0.15) is 6.04 Å². The van der Waals surface area contributed by atoms with Crippen LogP contribution in [0.3, 0.4) is 0 Å². The van der Waals surface area contributed by atoms with E-state index in [0.717, 1.165) is 12.8 Å². The van der Waals surface area contributed by atoms with Crippen LogP contribution >= 0.6 is 23.2 Å². The zero-order chi connectivity index (χ0) is 15.0. The van der Waals surface area contributed by atoms with Crippen molar-refractivity contribution in [3.8, 4) is 0 Å². The summed E-state index contributed by atoms with van der Waals surface area (Å²) in [6, 6.07) is 3.18. The van der Waals surface area contributed by atoms with Crippen LogP contribution in [-0.2, 0) is 9.53 Å². The van der Waals surface area contributed by atoms with Crippen molar-refractivity contribution in [3.63, 3.8) is 0 Å². The maximum Gasteiger partial charge on any atom is 0.245 e. The highest BCUT2D eigenvalue weighted by atomic mass is 35.5. The number of nitrogen functional groups attached to an aromatic ring is 1. The molecule has 1 aliphatic carbocycles. The van der Waals surface area contributed by atoms with Gasteiger partial charge in [0.05, 0.1) is 28.9 Å². The average molecular weight is 330 g/mol. The topological polar surface area (TPSA) is 67.6 Å². The van der Waals surface area contributed by atoms with Crippen LogP contribution in [0.25, 0.3) is 0 Å². The summed E-state index contributed by atoms with van der Waals surface area (Å²) in [7, 11) is 0. The first kappa shape index (κ1) is 14.8. The zero-order valence-corrected chi connectivity index (χ0v) is 13.0. The van der Waals surface area contributed by atoms with Crippen molar-refractivity contribution in [1.29, 1.82) is 0 Å². The molecule has 0 spiro atoms. The summed E-state index contributed by atoms with van der Waals surface area (Å²) in [4.78, 5) is 14.3. The Kier molecular flexibility index (Phi) is 4.15. The normalized spacial score (nSPS) is 22.2. The number of amides is 1. The molecule has 1 heterocycles. The van der Waals surface area contributed by atoms with Crippen LogP contribution in [0.4, 0.5) is 11.4 Å². The second-order valence-corrected chi connectivity index (χ2v) is 6.21. The predicted octanol–water partition coefficient (Wildman–Crippen LogP) is 2.06. The molecule has 1 atom stereocenters. The summed E-state index contributed by atoms with van der Waals surface area (Å²) >= 11 is 12.6. The van der Waals surface area contributed by atoms with Crippen molar-refractivity contribution in [2.24, 2.45) is 0 Å². The number of nitrogens with zero attached hydrogens (tertiary/aromatic N) is 1. The van der Waals surface area contributed by atoms with Crippen LogP contribution in [-0.4, -0.2) is 37.7 Å². The molecule has 2 aliphatic rings. The number of ether oxygens (including phenoxy) is 1. The number of nitrogens with two attached hydrogens (primary N) is 1. The largest absolute Gasteiger partial charge is 0.399 e. The van der Waals surface area contributed by atoms with Crippen molar-refractivity contribution < 1.29 is 9.53 Å². The molecule has 3 N–H and O–H groups in total. The standard InChI is InChI=1S/C14H17Cl2N3O2/c15-10-5-8(17)6-11(16)13(10)19-3-4-21-7-12(19)14(20)18-9-1-2-9/h5-6,9,12H,1-4,7,17H2,(H,18,20). The van der Waals surface area contributed by atoms with Crippen molar-refractivity contribution >= 4 is 40.5 Å². The van der Waals surface area contributed by atoms with Gasteiger partial charge in [0.2, 0.25) is 5.91 Å². The summed E-state index contributed by atoms with van der Waals surface area (Å²) < 4.78 is 5.45. The molecule has 1 aliphatic heterocycles. The fourth-order valence-corrected chi connectivity index (χ4v) is 3.19. The molecule has 5 nitrogen and oxygen atoms in total. The molecule has 2 fully saturated rings. The first-order chi connectivity index (χ1) is 10.1. The Morgan fingerprint density at radius 3 is 2.62 bits per heavy atom. The fourth-order valence-electron chi connectivity index (χ4n) is 2.47. The second-order valence-electron chi connectivity index (χ2n) is 5.40. The summed E-state index contributed by atoms with van der Waals surface area (Å²) in [6.07, 6.45) is 2.09. The number of morpholine rings is 1. The van der Waals surface area contributed by atoms with Gasteiger partial charge in [-0.2, -0.15) is 0 Å². The highest BCUT2D eigenvalue weighted by Crippen LogP contribution is 2.37. The van der Waals surface area contributed by atoms with Crippen LogP contribution in [0.2, 0.25) is 10.0 Å². The number of anilines is 2. The summed E-state index contributed by atoms with van der Waals surface area (Å²) in [5.74, 6) is -0.0406. The van der Waals surface area contributed by atoms with E-state index in [4.69, 9.17) is 33.7 Å². The molecule has 1 amide bonds. The number of hydrogen-bond donors (Lipinski definition) is 2. The molecule has 7 heteroatoms. The van der Waals surface area contributed by atoms with Crippen molar-refractivity contribution in [2.75, 3.05) is 30.4 Å². The van der Waals surface area contributed by atoms with Gasteiger partial charge in [-0.1, -0.05) is 23.2 Å². The Morgan fingerprint density at radius 1 is 1.33 bits per heavy atom. The van der Waals surface area contributed by atoms with E-state index in [2.05, 4.69) is 5.32 Å². The van der Waals surface area contributed by atoms with Gasteiger partial charge in [-0.05, 0) is 25.0 Å². The molecule has 1 saturated carbocycles.